The predicted molar refractivity (Wildman–Crippen MR) is 75.5 cm³/mol. The maximum absolute atomic E-state index is 10.6. The third kappa shape index (κ3) is 3.26. The van der Waals surface area contributed by atoms with Crippen molar-refractivity contribution in [3.8, 4) is 0 Å². The Morgan fingerprint density at radius 1 is 1.42 bits per heavy atom. The van der Waals surface area contributed by atoms with Gasteiger partial charge in [0.25, 0.3) is 5.69 Å². The molecule has 0 aliphatic carbocycles. The summed E-state index contributed by atoms with van der Waals surface area (Å²) >= 11 is 6.00. The van der Waals surface area contributed by atoms with Crippen LogP contribution in [-0.2, 0) is 13.1 Å². The molecule has 0 radical (unpaired) electrons. The highest BCUT2D eigenvalue weighted by Gasteiger charge is 2.09. The van der Waals surface area contributed by atoms with Crippen LogP contribution in [0.2, 0.25) is 5.02 Å². The van der Waals surface area contributed by atoms with Gasteiger partial charge in [0.2, 0.25) is 0 Å². The zero-order valence-electron chi connectivity index (χ0n) is 10.5. The number of anilines is 1. The average Bonchev–Trinajstić information content (AvgIpc) is 2.85. The van der Waals surface area contributed by atoms with Gasteiger partial charge in [-0.15, -0.1) is 0 Å². The SMILES string of the molecule is CCn1ccc(CNc2ccc([N+](=O)[O-])cc2Cl)c1. The summed E-state index contributed by atoms with van der Waals surface area (Å²) in [5.41, 5.74) is 1.82. The van der Waals surface area contributed by atoms with Gasteiger partial charge < -0.3 is 9.88 Å². The molecule has 0 amide bonds. The molecule has 1 heterocycles. The Hall–Kier alpha value is -2.01. The van der Waals surface area contributed by atoms with Crippen LogP contribution in [0, 0.1) is 10.1 Å². The van der Waals surface area contributed by atoms with Crippen LogP contribution < -0.4 is 5.32 Å². The van der Waals surface area contributed by atoms with E-state index in [1.54, 1.807) is 6.07 Å². The molecular formula is C13H14ClN3O2. The summed E-state index contributed by atoms with van der Waals surface area (Å²) in [5.74, 6) is 0. The van der Waals surface area contributed by atoms with Gasteiger partial charge in [0, 0.05) is 37.6 Å². The molecular weight excluding hydrogens is 266 g/mol. The highest BCUT2D eigenvalue weighted by Crippen LogP contribution is 2.26. The van der Waals surface area contributed by atoms with Crippen LogP contribution in [0.5, 0.6) is 0 Å². The van der Waals surface area contributed by atoms with Gasteiger partial charge in [-0.2, -0.15) is 0 Å². The zero-order chi connectivity index (χ0) is 13.8. The number of non-ortho nitro benzene ring substituents is 1. The molecule has 1 aromatic heterocycles. The topological polar surface area (TPSA) is 60.1 Å². The first-order chi connectivity index (χ1) is 9.10. The van der Waals surface area contributed by atoms with Crippen LogP contribution in [0.3, 0.4) is 0 Å². The minimum absolute atomic E-state index is 0.00677. The highest BCUT2D eigenvalue weighted by atomic mass is 35.5. The molecule has 0 saturated carbocycles. The molecule has 100 valence electrons. The first-order valence-corrected chi connectivity index (χ1v) is 6.30. The molecule has 0 aliphatic heterocycles. The molecule has 5 nitrogen and oxygen atoms in total. The number of nitrogens with zero attached hydrogens (tertiary/aromatic N) is 2. The third-order valence-corrected chi connectivity index (χ3v) is 3.14. The maximum Gasteiger partial charge on any atom is 0.271 e. The van der Waals surface area contributed by atoms with Crippen molar-refractivity contribution in [1.82, 2.24) is 4.57 Å². The van der Waals surface area contributed by atoms with Crippen molar-refractivity contribution >= 4 is 23.0 Å². The number of hydrogen-bond donors (Lipinski definition) is 1. The number of nitro groups is 1. The van der Waals surface area contributed by atoms with Gasteiger partial charge in [0.15, 0.2) is 0 Å². The van der Waals surface area contributed by atoms with Crippen LogP contribution in [0.1, 0.15) is 12.5 Å². The lowest BCUT2D eigenvalue weighted by atomic mass is 10.2. The first-order valence-electron chi connectivity index (χ1n) is 5.92. The van der Waals surface area contributed by atoms with E-state index in [1.165, 1.54) is 12.1 Å². The summed E-state index contributed by atoms with van der Waals surface area (Å²) in [4.78, 5) is 10.1. The van der Waals surface area contributed by atoms with E-state index in [4.69, 9.17) is 11.6 Å². The van der Waals surface area contributed by atoms with Crippen molar-refractivity contribution < 1.29 is 4.92 Å². The van der Waals surface area contributed by atoms with Crippen molar-refractivity contribution in [3.05, 3.63) is 57.4 Å². The standard InChI is InChI=1S/C13H14ClN3O2/c1-2-16-6-5-10(9-16)8-15-13-4-3-11(17(18)19)7-12(13)14/h3-7,9,15H,2,8H2,1H3. The molecule has 0 spiro atoms. The zero-order valence-corrected chi connectivity index (χ0v) is 11.2. The van der Waals surface area contributed by atoms with Crippen molar-refractivity contribution in [1.29, 1.82) is 0 Å². The molecule has 0 aliphatic rings. The molecule has 1 aromatic carbocycles. The lowest BCUT2D eigenvalue weighted by Gasteiger charge is -2.07. The Kier molecular flexibility index (Phi) is 4.06. The second kappa shape index (κ2) is 5.75. The summed E-state index contributed by atoms with van der Waals surface area (Å²) in [5, 5.41) is 14.1. The summed E-state index contributed by atoms with van der Waals surface area (Å²) in [6.07, 6.45) is 4.06. The van der Waals surface area contributed by atoms with E-state index in [0.29, 0.717) is 17.3 Å². The molecule has 19 heavy (non-hydrogen) atoms. The van der Waals surface area contributed by atoms with Crippen LogP contribution >= 0.6 is 11.6 Å². The number of hydrogen-bond acceptors (Lipinski definition) is 3. The molecule has 0 saturated heterocycles. The smallest absolute Gasteiger partial charge is 0.271 e. The van der Waals surface area contributed by atoms with Gasteiger partial charge in [-0.1, -0.05) is 11.6 Å². The molecule has 2 aromatic rings. The number of aromatic nitrogens is 1. The number of nitrogens with one attached hydrogen (secondary N) is 1. The molecule has 0 bridgehead atoms. The first kappa shape index (κ1) is 13.4. The van der Waals surface area contributed by atoms with Gasteiger partial charge in [-0.3, -0.25) is 10.1 Å². The number of nitro benzene ring substituents is 1. The van der Waals surface area contributed by atoms with E-state index in [0.717, 1.165) is 12.1 Å². The minimum atomic E-state index is -0.461. The van der Waals surface area contributed by atoms with E-state index >= 15 is 0 Å². The van der Waals surface area contributed by atoms with Gasteiger partial charge in [-0.25, -0.2) is 0 Å². The van der Waals surface area contributed by atoms with Crippen LogP contribution in [-0.4, -0.2) is 9.49 Å². The van der Waals surface area contributed by atoms with Gasteiger partial charge in [-0.05, 0) is 24.6 Å². The average molecular weight is 280 g/mol. The fraction of sp³-hybridized carbons (Fsp3) is 0.231. The Morgan fingerprint density at radius 3 is 2.79 bits per heavy atom. The summed E-state index contributed by atoms with van der Waals surface area (Å²) in [7, 11) is 0. The fourth-order valence-electron chi connectivity index (χ4n) is 1.75. The van der Waals surface area contributed by atoms with Crippen molar-refractivity contribution in [2.24, 2.45) is 0 Å². The molecule has 0 fully saturated rings. The van der Waals surface area contributed by atoms with Crippen molar-refractivity contribution in [2.75, 3.05) is 5.32 Å². The molecule has 1 N–H and O–H groups in total. The minimum Gasteiger partial charge on any atom is -0.380 e. The maximum atomic E-state index is 10.6. The molecule has 0 unspecified atom stereocenters. The van der Waals surface area contributed by atoms with Crippen LogP contribution in [0.15, 0.2) is 36.7 Å². The second-order valence-corrected chi connectivity index (χ2v) is 4.53. The Balaban J connectivity index is 2.05. The largest absolute Gasteiger partial charge is 0.380 e. The van der Waals surface area contributed by atoms with Gasteiger partial charge in [0.05, 0.1) is 15.6 Å². The second-order valence-electron chi connectivity index (χ2n) is 4.13. The van der Waals surface area contributed by atoms with E-state index in [9.17, 15) is 10.1 Å². The quantitative estimate of drug-likeness (QED) is 0.671. The normalized spacial score (nSPS) is 10.4. The summed E-state index contributed by atoms with van der Waals surface area (Å²) in [6.45, 7) is 3.63. The van der Waals surface area contributed by atoms with E-state index in [2.05, 4.69) is 16.8 Å². The molecule has 0 atom stereocenters. The third-order valence-electron chi connectivity index (χ3n) is 2.82. The number of halogens is 1. The van der Waals surface area contributed by atoms with Crippen LogP contribution in [0.4, 0.5) is 11.4 Å². The Bertz CT molecular complexity index is 595. The summed E-state index contributed by atoms with van der Waals surface area (Å²) in [6, 6.07) is 6.43. The van der Waals surface area contributed by atoms with Crippen molar-refractivity contribution in [3.63, 3.8) is 0 Å². The predicted octanol–water partition coefficient (Wildman–Crippen LogP) is 3.68. The molecule has 2 rings (SSSR count). The van der Waals surface area contributed by atoms with E-state index < -0.39 is 4.92 Å². The van der Waals surface area contributed by atoms with Gasteiger partial charge >= 0.3 is 0 Å². The summed E-state index contributed by atoms with van der Waals surface area (Å²) < 4.78 is 2.08. The van der Waals surface area contributed by atoms with E-state index in [1.807, 2.05) is 18.5 Å². The molecule has 6 heteroatoms. The lowest BCUT2D eigenvalue weighted by molar-refractivity contribution is -0.384. The van der Waals surface area contributed by atoms with Gasteiger partial charge in [0.1, 0.15) is 0 Å². The number of rotatable bonds is 5. The number of aryl methyl sites for hydroxylation is 1. The lowest BCUT2D eigenvalue weighted by Crippen LogP contribution is -2.00. The fourth-order valence-corrected chi connectivity index (χ4v) is 1.99. The Morgan fingerprint density at radius 2 is 2.21 bits per heavy atom. The van der Waals surface area contributed by atoms with Crippen molar-refractivity contribution in [2.45, 2.75) is 20.0 Å². The monoisotopic (exact) mass is 279 g/mol. The van der Waals surface area contributed by atoms with Crippen LogP contribution in [0.25, 0.3) is 0 Å². The van der Waals surface area contributed by atoms with E-state index in [-0.39, 0.29) is 5.69 Å². The Labute approximate surface area is 116 Å². The number of benzene rings is 1. The highest BCUT2D eigenvalue weighted by molar-refractivity contribution is 6.33.